The Morgan fingerprint density at radius 2 is 2.03 bits per heavy atom. The lowest BCUT2D eigenvalue weighted by Crippen LogP contribution is -2.60. The summed E-state index contributed by atoms with van der Waals surface area (Å²) in [6.07, 6.45) is 2.42. The van der Waals surface area contributed by atoms with Crippen LogP contribution in [0, 0.1) is 6.92 Å². The van der Waals surface area contributed by atoms with Gasteiger partial charge in [0.05, 0.1) is 18.1 Å². The molecule has 2 aliphatic rings. The summed E-state index contributed by atoms with van der Waals surface area (Å²) in [4.78, 5) is 7.33. The lowest BCUT2D eigenvalue weighted by atomic mass is 9.95. The number of nitrogens with one attached hydrogen (secondary N) is 2. The molecule has 2 heterocycles. The fourth-order valence-corrected chi connectivity index (χ4v) is 6.46. The lowest BCUT2D eigenvalue weighted by molar-refractivity contribution is -0.0120. The van der Waals surface area contributed by atoms with Gasteiger partial charge in [-0.3, -0.25) is 9.89 Å². The van der Waals surface area contributed by atoms with E-state index in [1.807, 2.05) is 30.8 Å². The zero-order valence-corrected chi connectivity index (χ0v) is 21.9. The van der Waals surface area contributed by atoms with E-state index in [2.05, 4.69) is 20.5 Å². The summed E-state index contributed by atoms with van der Waals surface area (Å²) in [5.74, 6) is 3.08. The maximum Gasteiger partial charge on any atom is 0.191 e. The molecular weight excluding hydrogens is 535 g/mol. The Kier molecular flexibility index (Phi) is 9.72. The van der Waals surface area contributed by atoms with E-state index in [0.29, 0.717) is 11.4 Å². The largest absolute Gasteiger partial charge is 0.379 e. The molecule has 1 aromatic carbocycles. The van der Waals surface area contributed by atoms with Crippen LogP contribution in [0.25, 0.3) is 0 Å². The number of thioether (sulfide) groups is 1. The van der Waals surface area contributed by atoms with Crippen molar-refractivity contribution < 1.29 is 13.2 Å². The van der Waals surface area contributed by atoms with Crippen LogP contribution in [0.2, 0.25) is 0 Å². The van der Waals surface area contributed by atoms with Crippen LogP contribution >= 0.6 is 35.7 Å². The van der Waals surface area contributed by atoms with Crippen LogP contribution in [-0.2, 0) is 21.1 Å². The van der Waals surface area contributed by atoms with Crippen LogP contribution in [-0.4, -0.2) is 82.5 Å². The number of aliphatic imine (C=N–C) groups is 1. The van der Waals surface area contributed by atoms with Crippen molar-refractivity contribution in [3.8, 4) is 0 Å². The molecule has 1 atom stereocenters. The molecule has 0 saturated carbocycles. The maximum absolute atomic E-state index is 11.8. The number of nitrogens with zero attached hydrogens (tertiary/aromatic N) is 2. The average Bonchev–Trinajstić information content (AvgIpc) is 3.18. The molecule has 2 saturated heterocycles. The minimum absolute atomic E-state index is 0. The van der Waals surface area contributed by atoms with Crippen molar-refractivity contribution in [2.24, 2.45) is 4.99 Å². The van der Waals surface area contributed by atoms with Crippen LogP contribution in [0.3, 0.4) is 0 Å². The van der Waals surface area contributed by atoms with Gasteiger partial charge >= 0.3 is 0 Å². The average molecular weight is 569 g/mol. The van der Waals surface area contributed by atoms with Crippen molar-refractivity contribution in [1.82, 2.24) is 15.5 Å². The van der Waals surface area contributed by atoms with Gasteiger partial charge in [0.25, 0.3) is 0 Å². The normalized spacial score (nSPS) is 23.1. The van der Waals surface area contributed by atoms with Gasteiger partial charge in [-0.2, -0.15) is 11.8 Å². The molecular formula is C20H33IN4O3S2. The van der Waals surface area contributed by atoms with E-state index < -0.39 is 9.84 Å². The first-order valence-electron chi connectivity index (χ1n) is 9.99. The lowest BCUT2D eigenvalue weighted by Gasteiger charge is -2.43. The molecule has 0 aliphatic carbocycles. The van der Waals surface area contributed by atoms with E-state index >= 15 is 0 Å². The molecule has 170 valence electrons. The minimum atomic E-state index is -3.19. The van der Waals surface area contributed by atoms with Crippen LogP contribution in [0.15, 0.2) is 28.1 Å². The second-order valence-electron chi connectivity index (χ2n) is 7.78. The molecule has 0 spiro atoms. The number of sulfone groups is 1. The van der Waals surface area contributed by atoms with Crippen molar-refractivity contribution in [1.29, 1.82) is 0 Å². The summed E-state index contributed by atoms with van der Waals surface area (Å²) >= 11 is 2.02. The van der Waals surface area contributed by atoms with Crippen molar-refractivity contribution in [3.05, 3.63) is 29.3 Å². The number of rotatable bonds is 6. The molecule has 2 N–H and O–H groups in total. The molecule has 1 unspecified atom stereocenters. The molecule has 2 fully saturated rings. The van der Waals surface area contributed by atoms with Crippen molar-refractivity contribution >= 4 is 51.5 Å². The number of hydrogen-bond donors (Lipinski definition) is 2. The van der Waals surface area contributed by atoms with Gasteiger partial charge in [0, 0.05) is 50.8 Å². The Hall–Kier alpha value is -0.560. The third-order valence-electron chi connectivity index (χ3n) is 5.67. The Labute approximate surface area is 201 Å². The highest BCUT2D eigenvalue weighted by molar-refractivity contribution is 14.0. The standard InChI is InChI=1S/C20H32N4O3S2.HI/c1-16-12-17(4-5-18(16)29(3,25)26)13-22-19(21-2)23-14-20(6-11-28-15-20)24-7-9-27-10-8-24;/h4-5,12H,6-11,13-15H2,1-3H3,(H2,21,22,23);1H. The minimum Gasteiger partial charge on any atom is -0.379 e. The van der Waals surface area contributed by atoms with Crippen molar-refractivity contribution in [3.63, 3.8) is 0 Å². The molecule has 0 aromatic heterocycles. The highest BCUT2D eigenvalue weighted by Crippen LogP contribution is 2.33. The number of morpholine rings is 1. The summed E-state index contributed by atoms with van der Waals surface area (Å²) in [7, 11) is -1.42. The predicted molar refractivity (Wildman–Crippen MR) is 135 cm³/mol. The van der Waals surface area contributed by atoms with Crippen molar-refractivity contribution in [2.75, 3.05) is 57.7 Å². The maximum atomic E-state index is 11.8. The van der Waals surface area contributed by atoms with Gasteiger partial charge in [-0.05, 0) is 36.3 Å². The molecule has 3 rings (SSSR count). The second-order valence-corrected chi connectivity index (χ2v) is 10.9. The quantitative estimate of drug-likeness (QED) is 0.308. The molecule has 2 aliphatic heterocycles. The molecule has 1 aromatic rings. The van der Waals surface area contributed by atoms with Gasteiger partial charge in [0.15, 0.2) is 15.8 Å². The predicted octanol–water partition coefficient (Wildman–Crippen LogP) is 1.89. The molecule has 30 heavy (non-hydrogen) atoms. The summed E-state index contributed by atoms with van der Waals surface area (Å²) < 4.78 is 29.1. The Morgan fingerprint density at radius 3 is 2.60 bits per heavy atom. The highest BCUT2D eigenvalue weighted by Gasteiger charge is 2.40. The highest BCUT2D eigenvalue weighted by atomic mass is 127. The third kappa shape index (κ3) is 6.47. The smallest absolute Gasteiger partial charge is 0.191 e. The summed E-state index contributed by atoms with van der Waals surface area (Å²) in [5.41, 5.74) is 1.95. The number of aryl methyl sites for hydroxylation is 1. The number of ether oxygens (including phenoxy) is 1. The molecule has 0 radical (unpaired) electrons. The SMILES string of the molecule is CN=C(NCc1ccc(S(C)(=O)=O)c(C)c1)NCC1(N2CCOCC2)CCSC1.I. The van der Waals surface area contributed by atoms with Crippen LogP contribution < -0.4 is 10.6 Å². The van der Waals surface area contributed by atoms with E-state index in [1.54, 1.807) is 13.1 Å². The van der Waals surface area contributed by atoms with Gasteiger partial charge in [-0.15, -0.1) is 24.0 Å². The Balaban J connectivity index is 0.00000320. The third-order valence-corrected chi connectivity index (χ3v) is 8.16. The zero-order valence-electron chi connectivity index (χ0n) is 17.9. The first-order chi connectivity index (χ1) is 13.8. The number of hydrogen-bond acceptors (Lipinski definition) is 6. The Morgan fingerprint density at radius 1 is 1.30 bits per heavy atom. The summed E-state index contributed by atoms with van der Waals surface area (Å²) in [5, 5.41) is 6.87. The van der Waals surface area contributed by atoms with Gasteiger partial charge in [0.2, 0.25) is 0 Å². The second kappa shape index (κ2) is 11.3. The van der Waals surface area contributed by atoms with E-state index in [-0.39, 0.29) is 29.5 Å². The Bertz CT molecular complexity index is 836. The molecule has 0 amide bonds. The van der Waals surface area contributed by atoms with Crippen LogP contribution in [0.1, 0.15) is 17.5 Å². The first kappa shape index (κ1) is 25.7. The number of benzene rings is 1. The van der Waals surface area contributed by atoms with E-state index in [0.717, 1.165) is 55.7 Å². The molecule has 7 nitrogen and oxygen atoms in total. The summed E-state index contributed by atoms with van der Waals surface area (Å²) in [6.45, 7) is 6.86. The van der Waals surface area contributed by atoms with Gasteiger partial charge in [-0.25, -0.2) is 8.42 Å². The number of halogens is 1. The van der Waals surface area contributed by atoms with E-state index in [4.69, 9.17) is 4.74 Å². The van der Waals surface area contributed by atoms with Crippen molar-refractivity contribution in [2.45, 2.75) is 30.3 Å². The van der Waals surface area contributed by atoms with Gasteiger partial charge in [-0.1, -0.05) is 12.1 Å². The first-order valence-corrected chi connectivity index (χ1v) is 13.0. The number of guanidine groups is 1. The monoisotopic (exact) mass is 568 g/mol. The fraction of sp³-hybridized carbons (Fsp3) is 0.650. The molecule has 10 heteroatoms. The topological polar surface area (TPSA) is 83.0 Å². The van der Waals surface area contributed by atoms with E-state index in [1.165, 1.54) is 18.4 Å². The van der Waals surface area contributed by atoms with Crippen LogP contribution in [0.5, 0.6) is 0 Å². The fourth-order valence-electron chi connectivity index (χ4n) is 4.03. The zero-order chi connectivity index (χ0) is 20.9. The van der Waals surface area contributed by atoms with Gasteiger partial charge < -0.3 is 15.4 Å². The molecule has 0 bridgehead atoms. The van der Waals surface area contributed by atoms with Gasteiger partial charge in [0.1, 0.15) is 0 Å². The summed E-state index contributed by atoms with van der Waals surface area (Å²) in [6, 6.07) is 5.45. The van der Waals surface area contributed by atoms with Crippen LogP contribution in [0.4, 0.5) is 0 Å². The van der Waals surface area contributed by atoms with E-state index in [9.17, 15) is 8.42 Å².